The highest BCUT2D eigenvalue weighted by atomic mass is 35.5. The molecular formula is C14H20ClN5OS. The van der Waals surface area contributed by atoms with E-state index in [1.807, 2.05) is 23.5 Å². The average Bonchev–Trinajstić information content (AvgIpc) is 3.16. The van der Waals surface area contributed by atoms with Gasteiger partial charge in [-0.05, 0) is 25.8 Å². The van der Waals surface area contributed by atoms with Gasteiger partial charge in [0.25, 0.3) is 5.91 Å². The number of thiazole rings is 1. The minimum absolute atomic E-state index is 0. The van der Waals surface area contributed by atoms with Crippen LogP contribution in [-0.4, -0.2) is 44.7 Å². The zero-order valence-corrected chi connectivity index (χ0v) is 14.2. The fourth-order valence-electron chi connectivity index (χ4n) is 2.78. The van der Waals surface area contributed by atoms with Gasteiger partial charge in [0.05, 0.1) is 6.20 Å². The quantitative estimate of drug-likeness (QED) is 0.923. The van der Waals surface area contributed by atoms with Crippen LogP contribution < -0.4 is 5.73 Å². The lowest BCUT2D eigenvalue weighted by Gasteiger charge is -2.20. The summed E-state index contributed by atoms with van der Waals surface area (Å²) in [6.07, 6.45) is 4.63. The van der Waals surface area contributed by atoms with Gasteiger partial charge in [-0.2, -0.15) is 5.10 Å². The molecule has 120 valence electrons. The number of rotatable bonds is 3. The molecule has 2 aromatic rings. The van der Waals surface area contributed by atoms with Gasteiger partial charge in [-0.25, -0.2) is 4.98 Å². The maximum absolute atomic E-state index is 12.6. The van der Waals surface area contributed by atoms with Crippen molar-refractivity contribution in [2.45, 2.75) is 19.4 Å². The third kappa shape index (κ3) is 3.16. The lowest BCUT2D eigenvalue weighted by molar-refractivity contribution is 0.0738. The summed E-state index contributed by atoms with van der Waals surface area (Å²) in [5.41, 5.74) is 7.18. The number of carbonyl (C=O) groups is 1. The second-order valence-electron chi connectivity index (χ2n) is 5.58. The van der Waals surface area contributed by atoms with Gasteiger partial charge in [0.1, 0.15) is 10.7 Å². The Morgan fingerprint density at radius 2 is 2.32 bits per heavy atom. The maximum Gasteiger partial charge on any atom is 0.273 e. The molecule has 0 spiro atoms. The number of likely N-dealkylation sites (tertiary alicyclic amines) is 1. The van der Waals surface area contributed by atoms with Crippen molar-refractivity contribution in [2.24, 2.45) is 18.7 Å². The van der Waals surface area contributed by atoms with Crippen molar-refractivity contribution in [3.05, 3.63) is 23.5 Å². The Hall–Kier alpha value is -1.44. The number of nitrogens with two attached hydrogens (primary N) is 1. The SMILES string of the molecule is CC1CC(CN)CN1C(=O)c1csc(-c2cnn(C)c2)n1.Cl. The molecule has 22 heavy (non-hydrogen) atoms. The van der Waals surface area contributed by atoms with Crippen LogP contribution in [-0.2, 0) is 7.05 Å². The second kappa shape index (κ2) is 6.76. The first-order chi connectivity index (χ1) is 10.1. The highest BCUT2D eigenvalue weighted by Crippen LogP contribution is 2.27. The topological polar surface area (TPSA) is 77.0 Å². The first kappa shape index (κ1) is 16.9. The highest BCUT2D eigenvalue weighted by molar-refractivity contribution is 7.13. The number of aromatic nitrogens is 3. The molecule has 1 aliphatic rings. The van der Waals surface area contributed by atoms with Crippen LogP contribution in [0.5, 0.6) is 0 Å². The zero-order chi connectivity index (χ0) is 15.0. The Bertz CT molecular complexity index is 655. The number of hydrogen-bond acceptors (Lipinski definition) is 5. The van der Waals surface area contributed by atoms with Crippen molar-refractivity contribution < 1.29 is 4.79 Å². The molecule has 1 aliphatic heterocycles. The molecule has 0 saturated carbocycles. The van der Waals surface area contributed by atoms with Crippen LogP contribution in [0.3, 0.4) is 0 Å². The summed E-state index contributed by atoms with van der Waals surface area (Å²) in [5.74, 6) is 0.408. The first-order valence-corrected chi connectivity index (χ1v) is 7.92. The lowest BCUT2D eigenvalue weighted by atomic mass is 10.1. The molecule has 2 atom stereocenters. The summed E-state index contributed by atoms with van der Waals surface area (Å²) < 4.78 is 1.73. The predicted octanol–water partition coefficient (Wildman–Crippen LogP) is 1.77. The van der Waals surface area contributed by atoms with Crippen LogP contribution in [0.15, 0.2) is 17.8 Å². The Morgan fingerprint density at radius 1 is 1.55 bits per heavy atom. The van der Waals surface area contributed by atoms with E-state index in [4.69, 9.17) is 5.73 Å². The smallest absolute Gasteiger partial charge is 0.273 e. The fourth-order valence-corrected chi connectivity index (χ4v) is 3.55. The van der Waals surface area contributed by atoms with E-state index in [0.29, 0.717) is 18.2 Å². The third-order valence-electron chi connectivity index (χ3n) is 3.93. The number of aryl methyl sites for hydroxylation is 1. The molecule has 3 heterocycles. The molecule has 6 nitrogen and oxygen atoms in total. The van der Waals surface area contributed by atoms with E-state index >= 15 is 0 Å². The van der Waals surface area contributed by atoms with Gasteiger partial charge in [-0.1, -0.05) is 0 Å². The van der Waals surface area contributed by atoms with Crippen LogP contribution in [0.4, 0.5) is 0 Å². The molecule has 0 aromatic carbocycles. The van der Waals surface area contributed by atoms with Crippen molar-refractivity contribution >= 4 is 29.7 Å². The summed E-state index contributed by atoms with van der Waals surface area (Å²) in [6, 6.07) is 0.231. The predicted molar refractivity (Wildman–Crippen MR) is 89.2 cm³/mol. The average molecular weight is 342 g/mol. The van der Waals surface area contributed by atoms with Gasteiger partial charge < -0.3 is 10.6 Å². The van der Waals surface area contributed by atoms with Crippen molar-refractivity contribution in [2.75, 3.05) is 13.1 Å². The van der Waals surface area contributed by atoms with Crippen molar-refractivity contribution in [3.63, 3.8) is 0 Å². The van der Waals surface area contributed by atoms with Crippen LogP contribution >= 0.6 is 23.7 Å². The van der Waals surface area contributed by atoms with Gasteiger partial charge in [-0.15, -0.1) is 23.7 Å². The van der Waals surface area contributed by atoms with E-state index in [0.717, 1.165) is 23.5 Å². The summed E-state index contributed by atoms with van der Waals surface area (Å²) in [5, 5.41) is 6.79. The minimum Gasteiger partial charge on any atom is -0.334 e. The first-order valence-electron chi connectivity index (χ1n) is 7.04. The molecule has 1 amide bonds. The molecular weight excluding hydrogens is 322 g/mol. The van der Waals surface area contributed by atoms with Gasteiger partial charge in [0, 0.05) is 36.8 Å². The molecule has 1 saturated heterocycles. The van der Waals surface area contributed by atoms with Gasteiger partial charge >= 0.3 is 0 Å². The molecule has 2 aromatic heterocycles. The number of carbonyl (C=O) groups excluding carboxylic acids is 1. The third-order valence-corrected chi connectivity index (χ3v) is 4.82. The largest absolute Gasteiger partial charge is 0.334 e. The van der Waals surface area contributed by atoms with Gasteiger partial charge in [0.2, 0.25) is 0 Å². The van der Waals surface area contributed by atoms with Crippen LogP contribution in [0.2, 0.25) is 0 Å². The normalized spacial score (nSPS) is 21.0. The van der Waals surface area contributed by atoms with E-state index in [2.05, 4.69) is 17.0 Å². The molecule has 3 rings (SSSR count). The van der Waals surface area contributed by atoms with Gasteiger partial charge in [-0.3, -0.25) is 9.48 Å². The Labute approximate surface area is 139 Å². The lowest BCUT2D eigenvalue weighted by Crippen LogP contribution is -2.34. The molecule has 2 N–H and O–H groups in total. The van der Waals surface area contributed by atoms with Crippen LogP contribution in [0.1, 0.15) is 23.8 Å². The van der Waals surface area contributed by atoms with E-state index in [9.17, 15) is 4.79 Å². The standard InChI is InChI=1S/C14H19N5OS.ClH/c1-9-3-10(4-15)6-19(9)14(20)12-8-21-13(17-12)11-5-16-18(2)7-11;/h5,7-10H,3-4,6,15H2,1-2H3;1H. The second-order valence-corrected chi connectivity index (χ2v) is 6.44. The van der Waals surface area contributed by atoms with Crippen molar-refractivity contribution in [3.8, 4) is 10.6 Å². The van der Waals surface area contributed by atoms with E-state index in [1.165, 1.54) is 11.3 Å². The van der Waals surface area contributed by atoms with Crippen LogP contribution in [0, 0.1) is 5.92 Å². The van der Waals surface area contributed by atoms with Crippen LogP contribution in [0.25, 0.3) is 10.6 Å². The fraction of sp³-hybridized carbons (Fsp3) is 0.500. The maximum atomic E-state index is 12.6. The zero-order valence-electron chi connectivity index (χ0n) is 12.6. The van der Waals surface area contributed by atoms with E-state index in [1.54, 1.807) is 10.9 Å². The number of amides is 1. The molecule has 8 heteroatoms. The number of hydrogen-bond donors (Lipinski definition) is 1. The Kier molecular flexibility index (Phi) is 5.20. The summed E-state index contributed by atoms with van der Waals surface area (Å²) >= 11 is 1.47. The Balaban J connectivity index is 0.00000176. The number of nitrogens with zero attached hydrogens (tertiary/aromatic N) is 4. The van der Waals surface area contributed by atoms with Gasteiger partial charge in [0.15, 0.2) is 0 Å². The number of halogens is 1. The molecule has 2 unspecified atom stereocenters. The summed E-state index contributed by atoms with van der Waals surface area (Å²) in [7, 11) is 1.86. The molecule has 0 radical (unpaired) electrons. The monoisotopic (exact) mass is 341 g/mol. The van der Waals surface area contributed by atoms with E-state index < -0.39 is 0 Å². The van der Waals surface area contributed by atoms with Crippen molar-refractivity contribution in [1.29, 1.82) is 0 Å². The molecule has 0 aliphatic carbocycles. The van der Waals surface area contributed by atoms with E-state index in [-0.39, 0.29) is 24.4 Å². The van der Waals surface area contributed by atoms with Crippen molar-refractivity contribution in [1.82, 2.24) is 19.7 Å². The summed E-state index contributed by atoms with van der Waals surface area (Å²) in [6.45, 7) is 3.43. The molecule has 1 fully saturated rings. The molecule has 0 bridgehead atoms. The Morgan fingerprint density at radius 3 is 2.91 bits per heavy atom. The summed E-state index contributed by atoms with van der Waals surface area (Å²) in [4.78, 5) is 18.9. The minimum atomic E-state index is 0. The highest BCUT2D eigenvalue weighted by Gasteiger charge is 2.33.